The van der Waals surface area contributed by atoms with Gasteiger partial charge in [-0.2, -0.15) is 5.10 Å². The predicted molar refractivity (Wildman–Crippen MR) is 97.6 cm³/mol. The fraction of sp³-hybridized carbons (Fsp3) is 0.100. The maximum atomic E-state index is 12.9. The van der Waals surface area contributed by atoms with E-state index in [1.54, 1.807) is 17.2 Å². The molecule has 0 radical (unpaired) electrons. The van der Waals surface area contributed by atoms with Crippen molar-refractivity contribution in [3.05, 3.63) is 90.8 Å². The summed E-state index contributed by atoms with van der Waals surface area (Å²) in [5.41, 5.74) is 3.42. The molecule has 1 amide bonds. The summed E-state index contributed by atoms with van der Waals surface area (Å²) in [6.07, 6.45) is 5.20. The number of aromatic nitrogens is 2. The highest BCUT2D eigenvalue weighted by atomic mass is 16.2. The molecular formula is C20H18N4O. The summed E-state index contributed by atoms with van der Waals surface area (Å²) >= 11 is 0. The number of carbonyl (C=O) groups excluding carboxylic acids is 1. The second-order valence-corrected chi connectivity index (χ2v) is 5.89. The third-order valence-electron chi connectivity index (χ3n) is 4.29. The molecule has 0 saturated heterocycles. The van der Waals surface area contributed by atoms with Crippen molar-refractivity contribution >= 4 is 11.6 Å². The average Bonchev–Trinajstić information content (AvgIpc) is 3.15. The third-order valence-corrected chi connectivity index (χ3v) is 4.29. The highest BCUT2D eigenvalue weighted by Crippen LogP contribution is 2.32. The van der Waals surface area contributed by atoms with Crippen LogP contribution in [0, 0.1) is 0 Å². The third kappa shape index (κ3) is 2.70. The van der Waals surface area contributed by atoms with Crippen LogP contribution in [0.3, 0.4) is 0 Å². The molecule has 3 aromatic rings. The highest BCUT2D eigenvalue weighted by Gasteiger charge is 2.32. The molecule has 5 heteroatoms. The zero-order chi connectivity index (χ0) is 17.2. The Bertz CT molecular complexity index is 916. The SMILES string of the molecule is C=CCN1C(=O)c2ccccc2NC1c1cnn(-c2ccccc2)c1. The molecule has 25 heavy (non-hydrogen) atoms. The maximum Gasteiger partial charge on any atom is 0.258 e. The van der Waals surface area contributed by atoms with Crippen LogP contribution < -0.4 is 5.32 Å². The van der Waals surface area contributed by atoms with Gasteiger partial charge in [0.15, 0.2) is 0 Å². The zero-order valence-electron chi connectivity index (χ0n) is 13.7. The van der Waals surface area contributed by atoms with Crippen molar-refractivity contribution in [3.8, 4) is 5.69 Å². The summed E-state index contributed by atoms with van der Waals surface area (Å²) < 4.78 is 1.81. The van der Waals surface area contributed by atoms with Gasteiger partial charge in [0.2, 0.25) is 0 Å². The van der Waals surface area contributed by atoms with Gasteiger partial charge in [0.05, 0.1) is 17.4 Å². The smallest absolute Gasteiger partial charge is 0.258 e. The van der Waals surface area contributed by atoms with Crippen molar-refractivity contribution < 1.29 is 4.79 Å². The molecule has 1 unspecified atom stereocenters. The molecule has 1 aliphatic heterocycles. The molecule has 2 heterocycles. The second kappa shape index (κ2) is 6.28. The van der Waals surface area contributed by atoms with E-state index >= 15 is 0 Å². The van der Waals surface area contributed by atoms with Crippen molar-refractivity contribution in [2.75, 3.05) is 11.9 Å². The van der Waals surface area contributed by atoms with Crippen LogP contribution in [-0.2, 0) is 0 Å². The Hall–Kier alpha value is -3.34. The minimum atomic E-state index is -0.280. The minimum Gasteiger partial charge on any atom is -0.361 e. The number of hydrogen-bond acceptors (Lipinski definition) is 3. The van der Waals surface area contributed by atoms with Gasteiger partial charge in [-0.1, -0.05) is 36.4 Å². The molecule has 1 N–H and O–H groups in total. The Morgan fingerprint density at radius 2 is 1.88 bits per heavy atom. The number of hydrogen-bond donors (Lipinski definition) is 1. The lowest BCUT2D eigenvalue weighted by Crippen LogP contribution is -2.42. The lowest BCUT2D eigenvalue weighted by atomic mass is 10.1. The Kier molecular flexibility index (Phi) is 3.82. The number of nitrogens with one attached hydrogen (secondary N) is 1. The molecule has 1 atom stereocenters. The minimum absolute atomic E-state index is 0.00767. The molecule has 0 aliphatic carbocycles. The number of benzene rings is 2. The molecule has 5 nitrogen and oxygen atoms in total. The number of anilines is 1. The van der Waals surface area contributed by atoms with Gasteiger partial charge in [0, 0.05) is 24.0 Å². The van der Waals surface area contributed by atoms with Crippen LogP contribution in [0.15, 0.2) is 79.6 Å². The van der Waals surface area contributed by atoms with Crippen molar-refractivity contribution in [3.63, 3.8) is 0 Å². The molecule has 124 valence electrons. The van der Waals surface area contributed by atoms with Crippen LogP contribution in [0.4, 0.5) is 5.69 Å². The number of rotatable bonds is 4. The number of para-hydroxylation sites is 2. The van der Waals surface area contributed by atoms with E-state index in [0.29, 0.717) is 12.1 Å². The van der Waals surface area contributed by atoms with Crippen molar-refractivity contribution in [2.45, 2.75) is 6.17 Å². The van der Waals surface area contributed by atoms with E-state index in [1.165, 1.54) is 0 Å². The molecule has 1 aromatic heterocycles. The molecule has 0 spiro atoms. The van der Waals surface area contributed by atoms with E-state index in [2.05, 4.69) is 17.0 Å². The summed E-state index contributed by atoms with van der Waals surface area (Å²) in [5.74, 6) is -0.00767. The summed E-state index contributed by atoms with van der Waals surface area (Å²) in [6, 6.07) is 17.5. The van der Waals surface area contributed by atoms with Crippen LogP contribution in [0.25, 0.3) is 5.69 Å². The Morgan fingerprint density at radius 1 is 1.12 bits per heavy atom. The van der Waals surface area contributed by atoms with Crippen LogP contribution in [0.1, 0.15) is 22.1 Å². The van der Waals surface area contributed by atoms with Crippen molar-refractivity contribution in [1.82, 2.24) is 14.7 Å². The van der Waals surface area contributed by atoms with Gasteiger partial charge < -0.3 is 10.2 Å². The number of fused-ring (bicyclic) bond motifs is 1. The Labute approximate surface area is 146 Å². The first-order chi connectivity index (χ1) is 12.3. The van der Waals surface area contributed by atoms with E-state index in [9.17, 15) is 4.79 Å². The van der Waals surface area contributed by atoms with Gasteiger partial charge in [-0.05, 0) is 24.3 Å². The largest absolute Gasteiger partial charge is 0.361 e. The van der Waals surface area contributed by atoms with Gasteiger partial charge >= 0.3 is 0 Å². The van der Waals surface area contributed by atoms with E-state index in [1.807, 2.05) is 65.5 Å². The van der Waals surface area contributed by atoms with Crippen LogP contribution in [0.2, 0.25) is 0 Å². The quantitative estimate of drug-likeness (QED) is 0.743. The zero-order valence-corrected chi connectivity index (χ0v) is 13.7. The summed E-state index contributed by atoms with van der Waals surface area (Å²) in [7, 11) is 0. The van der Waals surface area contributed by atoms with Gasteiger partial charge in [-0.25, -0.2) is 4.68 Å². The van der Waals surface area contributed by atoms with E-state index < -0.39 is 0 Å². The first-order valence-electron chi connectivity index (χ1n) is 8.15. The van der Waals surface area contributed by atoms with Gasteiger partial charge in [0.25, 0.3) is 5.91 Å². The van der Waals surface area contributed by atoms with Crippen LogP contribution in [-0.4, -0.2) is 27.1 Å². The maximum absolute atomic E-state index is 12.9. The molecule has 4 rings (SSSR count). The van der Waals surface area contributed by atoms with E-state index in [0.717, 1.165) is 16.9 Å². The Balaban J connectivity index is 1.72. The molecular weight excluding hydrogens is 312 g/mol. The first kappa shape index (κ1) is 15.2. The topological polar surface area (TPSA) is 50.2 Å². The van der Waals surface area contributed by atoms with Gasteiger partial charge in [0.1, 0.15) is 6.17 Å². The number of nitrogens with zero attached hydrogens (tertiary/aromatic N) is 3. The number of amides is 1. The second-order valence-electron chi connectivity index (χ2n) is 5.89. The highest BCUT2D eigenvalue weighted by molar-refractivity contribution is 6.01. The standard InChI is InChI=1S/C20H18N4O/c1-2-12-23-19(22-18-11-7-6-10-17(18)20(23)25)15-13-21-24(14-15)16-8-4-3-5-9-16/h2-11,13-14,19,22H,1,12H2. The fourth-order valence-corrected chi connectivity index (χ4v) is 3.08. The molecule has 0 saturated carbocycles. The monoisotopic (exact) mass is 330 g/mol. The lowest BCUT2D eigenvalue weighted by Gasteiger charge is -2.36. The summed E-state index contributed by atoms with van der Waals surface area (Å²) in [4.78, 5) is 14.6. The normalized spacial score (nSPS) is 16.2. The van der Waals surface area contributed by atoms with Crippen molar-refractivity contribution in [1.29, 1.82) is 0 Å². The first-order valence-corrected chi connectivity index (χ1v) is 8.15. The molecule has 1 aliphatic rings. The molecule has 0 fully saturated rings. The average molecular weight is 330 g/mol. The molecule has 0 bridgehead atoms. The van der Waals surface area contributed by atoms with Crippen molar-refractivity contribution in [2.24, 2.45) is 0 Å². The van der Waals surface area contributed by atoms with E-state index in [4.69, 9.17) is 0 Å². The van der Waals surface area contributed by atoms with Gasteiger partial charge in [-0.15, -0.1) is 6.58 Å². The molecule has 2 aromatic carbocycles. The van der Waals surface area contributed by atoms with E-state index in [-0.39, 0.29) is 12.1 Å². The van der Waals surface area contributed by atoms with Crippen LogP contribution in [0.5, 0.6) is 0 Å². The fourth-order valence-electron chi connectivity index (χ4n) is 3.08. The number of carbonyl (C=O) groups is 1. The summed E-state index contributed by atoms with van der Waals surface area (Å²) in [6.45, 7) is 4.24. The predicted octanol–water partition coefficient (Wildman–Crippen LogP) is 3.62. The van der Waals surface area contributed by atoms with Gasteiger partial charge in [-0.3, -0.25) is 4.79 Å². The van der Waals surface area contributed by atoms with Crippen LogP contribution >= 0.6 is 0 Å². The Morgan fingerprint density at radius 3 is 2.68 bits per heavy atom. The summed E-state index contributed by atoms with van der Waals surface area (Å²) in [5, 5.41) is 7.90. The lowest BCUT2D eigenvalue weighted by molar-refractivity contribution is 0.0707.